The van der Waals surface area contributed by atoms with Crippen molar-refractivity contribution in [2.75, 3.05) is 13.1 Å². The first-order chi connectivity index (χ1) is 14.1. The van der Waals surface area contributed by atoms with Gasteiger partial charge in [0.1, 0.15) is 6.07 Å². The van der Waals surface area contributed by atoms with E-state index in [9.17, 15) is 4.79 Å². The maximum absolute atomic E-state index is 12.9. The van der Waals surface area contributed by atoms with Crippen LogP contribution in [0, 0.1) is 22.7 Å². The number of rotatable bonds is 4. The lowest BCUT2D eigenvalue weighted by Crippen LogP contribution is -2.48. The molecule has 0 radical (unpaired) electrons. The fraction of sp³-hybridized carbons (Fsp3) is 0.182. The van der Waals surface area contributed by atoms with Crippen LogP contribution in [-0.2, 0) is 6.54 Å². The van der Waals surface area contributed by atoms with Crippen molar-refractivity contribution in [1.82, 2.24) is 14.9 Å². The zero-order chi connectivity index (χ0) is 20.4. The maximum atomic E-state index is 12.9. The van der Waals surface area contributed by atoms with Crippen molar-refractivity contribution in [2.45, 2.75) is 12.5 Å². The molecule has 0 bridgehead atoms. The third-order valence-electron chi connectivity index (χ3n) is 5.23. The fourth-order valence-corrected chi connectivity index (χ4v) is 3.52. The number of aromatic nitrogens is 2. The van der Waals surface area contributed by atoms with E-state index in [0.717, 1.165) is 16.7 Å². The zero-order valence-electron chi connectivity index (χ0n) is 15.6. The molecule has 3 N–H and O–H groups in total. The number of aromatic amines is 1. The molecule has 2 heterocycles. The summed E-state index contributed by atoms with van der Waals surface area (Å²) >= 11 is 0. The van der Waals surface area contributed by atoms with Crippen molar-refractivity contribution < 1.29 is 4.79 Å². The number of hydrogen-bond acceptors (Lipinski definition) is 5. The summed E-state index contributed by atoms with van der Waals surface area (Å²) in [5.74, 6) is 0.452. The molecule has 0 atom stereocenters. The van der Waals surface area contributed by atoms with Gasteiger partial charge in [0.05, 0.1) is 23.5 Å². The summed E-state index contributed by atoms with van der Waals surface area (Å²) in [6.45, 7) is 1.60. The van der Waals surface area contributed by atoms with E-state index < -0.39 is 0 Å². The standard InChI is InChI=1S/C22H18N6O/c23-8-14-1-3-15(4-2-14)18-12-28(13-18)22(29)16-5-6-17(9-24)19(7-16)20-11-26-21(10-25)27-20/h1-7,11,18H,9,12-13,24H2,(H,26,27). The number of imidazole rings is 1. The molecule has 29 heavy (non-hydrogen) atoms. The van der Waals surface area contributed by atoms with E-state index in [4.69, 9.17) is 16.3 Å². The van der Waals surface area contributed by atoms with Gasteiger partial charge in [0.15, 0.2) is 0 Å². The van der Waals surface area contributed by atoms with E-state index in [1.54, 1.807) is 35.4 Å². The Kier molecular flexibility index (Phi) is 4.82. The Balaban J connectivity index is 1.51. The molecule has 7 nitrogen and oxygen atoms in total. The summed E-state index contributed by atoms with van der Waals surface area (Å²) < 4.78 is 0. The molecular weight excluding hydrogens is 364 g/mol. The minimum atomic E-state index is -0.0419. The molecule has 4 rings (SSSR count). The molecule has 7 heteroatoms. The Morgan fingerprint density at radius 1 is 1.17 bits per heavy atom. The molecule has 2 aromatic carbocycles. The normalized spacial score (nSPS) is 13.4. The average Bonchev–Trinajstić information content (AvgIpc) is 3.22. The molecule has 1 fully saturated rings. The summed E-state index contributed by atoms with van der Waals surface area (Å²) in [7, 11) is 0. The smallest absolute Gasteiger partial charge is 0.253 e. The number of nitrogens with two attached hydrogens (primary N) is 1. The topological polar surface area (TPSA) is 123 Å². The first kappa shape index (κ1) is 18.4. The van der Waals surface area contributed by atoms with Crippen molar-refractivity contribution in [3.8, 4) is 23.4 Å². The molecule has 1 aliphatic heterocycles. The lowest BCUT2D eigenvalue weighted by Gasteiger charge is -2.39. The number of nitrogens with zero attached hydrogens (tertiary/aromatic N) is 4. The van der Waals surface area contributed by atoms with Crippen molar-refractivity contribution in [2.24, 2.45) is 5.73 Å². The zero-order valence-corrected chi connectivity index (χ0v) is 15.6. The molecule has 0 aliphatic carbocycles. The molecule has 3 aromatic rings. The average molecular weight is 382 g/mol. The van der Waals surface area contributed by atoms with Gasteiger partial charge < -0.3 is 15.6 Å². The number of H-pyrrole nitrogens is 1. The predicted molar refractivity (Wildman–Crippen MR) is 106 cm³/mol. The van der Waals surface area contributed by atoms with E-state index >= 15 is 0 Å². The molecular formula is C22H18N6O. The highest BCUT2D eigenvalue weighted by Crippen LogP contribution is 2.30. The Morgan fingerprint density at radius 3 is 2.55 bits per heavy atom. The number of nitriles is 2. The monoisotopic (exact) mass is 382 g/mol. The van der Waals surface area contributed by atoms with Gasteiger partial charge in [0.2, 0.25) is 5.82 Å². The Bertz CT molecular complexity index is 1140. The van der Waals surface area contributed by atoms with Crippen LogP contribution in [0.5, 0.6) is 0 Å². The van der Waals surface area contributed by atoms with Crippen LogP contribution in [0.15, 0.2) is 48.7 Å². The molecule has 0 spiro atoms. The number of carbonyl (C=O) groups is 1. The van der Waals surface area contributed by atoms with E-state index in [1.807, 2.05) is 24.3 Å². The van der Waals surface area contributed by atoms with Crippen LogP contribution in [-0.4, -0.2) is 33.9 Å². The summed E-state index contributed by atoms with van der Waals surface area (Å²) in [6, 6.07) is 17.0. The molecule has 1 saturated heterocycles. The van der Waals surface area contributed by atoms with Gasteiger partial charge in [-0.15, -0.1) is 0 Å². The van der Waals surface area contributed by atoms with E-state index in [-0.39, 0.29) is 17.6 Å². The summed E-state index contributed by atoms with van der Waals surface area (Å²) in [6.07, 6.45) is 1.58. The second kappa shape index (κ2) is 7.59. The van der Waals surface area contributed by atoms with Gasteiger partial charge in [-0.05, 0) is 35.4 Å². The molecule has 1 aliphatic rings. The number of carbonyl (C=O) groups excluding carboxylic acids is 1. The Morgan fingerprint density at radius 2 is 1.93 bits per heavy atom. The largest absolute Gasteiger partial charge is 0.337 e. The van der Waals surface area contributed by atoms with E-state index in [2.05, 4.69) is 16.0 Å². The Hall–Kier alpha value is -3.94. The van der Waals surface area contributed by atoms with Gasteiger partial charge >= 0.3 is 0 Å². The highest BCUT2D eigenvalue weighted by Gasteiger charge is 2.32. The maximum Gasteiger partial charge on any atom is 0.253 e. The van der Waals surface area contributed by atoms with Crippen LogP contribution < -0.4 is 5.73 Å². The van der Waals surface area contributed by atoms with Crippen LogP contribution in [0.1, 0.15) is 38.8 Å². The van der Waals surface area contributed by atoms with Crippen molar-refractivity contribution in [1.29, 1.82) is 10.5 Å². The van der Waals surface area contributed by atoms with Gasteiger partial charge in [-0.3, -0.25) is 4.79 Å². The van der Waals surface area contributed by atoms with Crippen molar-refractivity contribution >= 4 is 5.91 Å². The molecule has 0 saturated carbocycles. The number of benzene rings is 2. The first-order valence-corrected chi connectivity index (χ1v) is 9.20. The molecule has 1 amide bonds. The first-order valence-electron chi connectivity index (χ1n) is 9.20. The Labute approximate surface area is 168 Å². The third-order valence-corrected chi connectivity index (χ3v) is 5.23. The lowest BCUT2D eigenvalue weighted by atomic mass is 9.90. The molecule has 1 aromatic heterocycles. The van der Waals surface area contributed by atoms with Gasteiger partial charge in [0.25, 0.3) is 5.91 Å². The number of amides is 1. The quantitative estimate of drug-likeness (QED) is 0.718. The van der Waals surface area contributed by atoms with Crippen LogP contribution in [0.2, 0.25) is 0 Å². The summed E-state index contributed by atoms with van der Waals surface area (Å²) in [5, 5.41) is 17.9. The second-order valence-corrected chi connectivity index (χ2v) is 6.97. The van der Waals surface area contributed by atoms with E-state index in [1.165, 1.54) is 0 Å². The summed E-state index contributed by atoms with van der Waals surface area (Å²) in [4.78, 5) is 21.7. The van der Waals surface area contributed by atoms with Crippen LogP contribution in [0.4, 0.5) is 0 Å². The van der Waals surface area contributed by atoms with Gasteiger partial charge in [-0.1, -0.05) is 18.2 Å². The third kappa shape index (κ3) is 3.47. The highest BCUT2D eigenvalue weighted by atomic mass is 16.2. The predicted octanol–water partition coefficient (Wildman–Crippen LogP) is 2.52. The minimum Gasteiger partial charge on any atom is -0.337 e. The van der Waals surface area contributed by atoms with Gasteiger partial charge in [-0.2, -0.15) is 10.5 Å². The van der Waals surface area contributed by atoms with E-state index in [0.29, 0.717) is 36.5 Å². The highest BCUT2D eigenvalue weighted by molar-refractivity contribution is 5.96. The fourth-order valence-electron chi connectivity index (χ4n) is 3.52. The number of nitrogens with one attached hydrogen (secondary N) is 1. The number of hydrogen-bond donors (Lipinski definition) is 2. The van der Waals surface area contributed by atoms with Gasteiger partial charge in [0, 0.05) is 36.7 Å². The van der Waals surface area contributed by atoms with Crippen molar-refractivity contribution in [3.05, 3.63) is 76.7 Å². The second-order valence-electron chi connectivity index (χ2n) is 6.97. The molecule has 142 valence electrons. The SMILES string of the molecule is N#Cc1ccc(C2CN(C(=O)c3ccc(CN)c(-c4cnc(C#N)[nH]4)c3)C2)cc1. The lowest BCUT2D eigenvalue weighted by molar-refractivity contribution is 0.0602. The summed E-state index contributed by atoms with van der Waals surface area (Å²) in [5.41, 5.74) is 10.5. The minimum absolute atomic E-state index is 0.0419. The van der Waals surface area contributed by atoms with Crippen LogP contribution in [0.25, 0.3) is 11.3 Å². The van der Waals surface area contributed by atoms with Crippen LogP contribution >= 0.6 is 0 Å². The molecule has 0 unspecified atom stereocenters. The number of likely N-dealkylation sites (tertiary alicyclic amines) is 1. The van der Waals surface area contributed by atoms with Gasteiger partial charge in [-0.25, -0.2) is 4.98 Å². The van der Waals surface area contributed by atoms with Crippen LogP contribution in [0.3, 0.4) is 0 Å². The van der Waals surface area contributed by atoms with Crippen molar-refractivity contribution in [3.63, 3.8) is 0 Å².